The highest BCUT2D eigenvalue weighted by Gasteiger charge is 2.02. The Balaban J connectivity index is 0.000000112. The lowest BCUT2D eigenvalue weighted by molar-refractivity contribution is 1.62. The third-order valence-corrected chi connectivity index (χ3v) is 10.5. The SMILES string of the molecule is c1ccc(-c2ccc3ccccc3c2)cc1.c1ccc(-c2ccc3ccccc3c2)cc1.c1ccc(-c2cccc3ccccc23)cc1.c1ccc(-c2ccccc2)cc1. The number of hydrogen-bond acceptors (Lipinski definition) is 0. The van der Waals surface area contributed by atoms with E-state index in [4.69, 9.17) is 0 Å². The fourth-order valence-electron chi connectivity index (χ4n) is 7.36. The molecule has 11 aromatic carbocycles. The van der Waals surface area contributed by atoms with Crippen LogP contribution in [-0.2, 0) is 0 Å². The van der Waals surface area contributed by atoms with E-state index in [-0.39, 0.29) is 0 Å². The number of rotatable bonds is 4. The summed E-state index contributed by atoms with van der Waals surface area (Å²) in [6.07, 6.45) is 0. The normalized spacial score (nSPS) is 10.3. The van der Waals surface area contributed by atoms with Gasteiger partial charge in [-0.15, -0.1) is 0 Å². The van der Waals surface area contributed by atoms with Gasteiger partial charge in [-0.3, -0.25) is 0 Å². The molecule has 0 unspecified atom stereocenters. The van der Waals surface area contributed by atoms with Gasteiger partial charge in [-0.2, -0.15) is 0 Å². The highest BCUT2D eigenvalue weighted by atomic mass is 14.1. The Morgan fingerprint density at radius 1 is 0.150 bits per heavy atom. The Bertz CT molecular complexity index is 2830. The Morgan fingerprint density at radius 2 is 0.450 bits per heavy atom. The minimum atomic E-state index is 1.27. The molecular weight excluding hydrogens is 721 g/mol. The summed E-state index contributed by atoms with van der Waals surface area (Å²) in [5.41, 5.74) is 10.2. The van der Waals surface area contributed by atoms with Crippen molar-refractivity contribution in [1.29, 1.82) is 0 Å². The van der Waals surface area contributed by atoms with E-state index in [0.717, 1.165) is 0 Å². The number of benzene rings is 11. The lowest BCUT2D eigenvalue weighted by Crippen LogP contribution is -1.79. The van der Waals surface area contributed by atoms with Gasteiger partial charge < -0.3 is 0 Å². The van der Waals surface area contributed by atoms with Crippen molar-refractivity contribution in [2.45, 2.75) is 0 Å². The molecule has 0 aliphatic heterocycles. The number of hydrogen-bond donors (Lipinski definition) is 0. The summed E-state index contributed by atoms with van der Waals surface area (Å²) in [5, 5.41) is 7.79. The van der Waals surface area contributed by atoms with Gasteiger partial charge in [-0.05, 0) is 89.0 Å². The molecule has 0 atom stereocenters. The van der Waals surface area contributed by atoms with Gasteiger partial charge in [-0.1, -0.05) is 267 Å². The maximum absolute atomic E-state index is 2.24. The summed E-state index contributed by atoms with van der Waals surface area (Å²) in [4.78, 5) is 0. The average Bonchev–Trinajstić information content (AvgIpc) is 3.35. The molecule has 0 spiro atoms. The van der Waals surface area contributed by atoms with Crippen molar-refractivity contribution in [1.82, 2.24) is 0 Å². The van der Waals surface area contributed by atoms with Gasteiger partial charge in [0, 0.05) is 0 Å². The van der Waals surface area contributed by atoms with Gasteiger partial charge >= 0.3 is 0 Å². The van der Waals surface area contributed by atoms with Crippen molar-refractivity contribution >= 4 is 32.3 Å². The van der Waals surface area contributed by atoms with Gasteiger partial charge in [0.1, 0.15) is 0 Å². The standard InChI is InChI=1S/3C16H12.C12H10/c1-2-7-13(8-3-1)16-12-6-10-14-9-4-5-11-15(14)16;2*1-2-6-13(7-3-1)16-11-10-14-8-4-5-9-15(14)12-16;1-3-7-11(8-4-1)12-9-5-2-6-10-12/h3*1-12H;1-10H. The average molecular weight is 767 g/mol. The third-order valence-electron chi connectivity index (χ3n) is 10.5. The molecule has 286 valence electrons. The van der Waals surface area contributed by atoms with E-state index in [0.29, 0.717) is 0 Å². The van der Waals surface area contributed by atoms with Crippen molar-refractivity contribution < 1.29 is 0 Å². The second-order valence-corrected chi connectivity index (χ2v) is 14.5. The lowest BCUT2D eigenvalue weighted by atomic mass is 9.98. The van der Waals surface area contributed by atoms with Crippen molar-refractivity contribution in [3.05, 3.63) is 279 Å². The van der Waals surface area contributed by atoms with E-state index in [1.165, 1.54) is 76.8 Å². The van der Waals surface area contributed by atoms with Crippen LogP contribution in [0.2, 0.25) is 0 Å². The molecule has 0 aliphatic carbocycles. The molecule has 0 saturated carbocycles. The largest absolute Gasteiger partial charge is 0.0622 e. The highest BCUT2D eigenvalue weighted by Crippen LogP contribution is 2.29. The summed E-state index contributed by atoms with van der Waals surface area (Å²) in [6.45, 7) is 0. The van der Waals surface area contributed by atoms with Gasteiger partial charge in [-0.25, -0.2) is 0 Å². The van der Waals surface area contributed by atoms with Crippen LogP contribution in [-0.4, -0.2) is 0 Å². The fraction of sp³-hybridized carbons (Fsp3) is 0. The first-order chi connectivity index (χ1) is 29.8. The summed E-state index contributed by atoms with van der Waals surface area (Å²) in [7, 11) is 0. The van der Waals surface area contributed by atoms with E-state index < -0.39 is 0 Å². The van der Waals surface area contributed by atoms with E-state index in [1.807, 2.05) is 24.3 Å². The Morgan fingerprint density at radius 3 is 0.867 bits per heavy atom. The summed E-state index contributed by atoms with van der Waals surface area (Å²) < 4.78 is 0. The van der Waals surface area contributed by atoms with Crippen LogP contribution < -0.4 is 0 Å². The molecular formula is C60H46. The van der Waals surface area contributed by atoms with E-state index in [2.05, 4.69) is 255 Å². The Kier molecular flexibility index (Phi) is 13.1. The zero-order chi connectivity index (χ0) is 40.6. The Hall–Kier alpha value is -7.80. The minimum absolute atomic E-state index is 1.27. The molecule has 0 nitrogen and oxygen atoms in total. The van der Waals surface area contributed by atoms with Gasteiger partial charge in [0.15, 0.2) is 0 Å². The van der Waals surface area contributed by atoms with Gasteiger partial charge in [0.05, 0.1) is 0 Å². The van der Waals surface area contributed by atoms with Crippen molar-refractivity contribution in [2.24, 2.45) is 0 Å². The van der Waals surface area contributed by atoms with E-state index in [9.17, 15) is 0 Å². The first-order valence-corrected chi connectivity index (χ1v) is 20.5. The lowest BCUT2D eigenvalue weighted by Gasteiger charge is -2.06. The summed E-state index contributed by atoms with van der Waals surface area (Å²) in [6, 6.07) is 97.3. The first kappa shape index (κ1) is 39.0. The predicted molar refractivity (Wildman–Crippen MR) is 260 cm³/mol. The predicted octanol–water partition coefficient (Wildman–Crippen LogP) is 16.9. The van der Waals surface area contributed by atoms with E-state index in [1.54, 1.807) is 0 Å². The number of fused-ring (bicyclic) bond motifs is 3. The highest BCUT2D eigenvalue weighted by molar-refractivity contribution is 5.96. The second-order valence-electron chi connectivity index (χ2n) is 14.5. The maximum atomic E-state index is 2.24. The van der Waals surface area contributed by atoms with Crippen molar-refractivity contribution in [3.8, 4) is 44.5 Å². The van der Waals surface area contributed by atoms with Crippen LogP contribution in [0.25, 0.3) is 76.8 Å². The van der Waals surface area contributed by atoms with Crippen molar-refractivity contribution in [3.63, 3.8) is 0 Å². The molecule has 0 heterocycles. The minimum Gasteiger partial charge on any atom is -0.0622 e. The van der Waals surface area contributed by atoms with Crippen LogP contribution in [0.4, 0.5) is 0 Å². The first-order valence-electron chi connectivity index (χ1n) is 20.5. The fourth-order valence-corrected chi connectivity index (χ4v) is 7.36. The van der Waals surface area contributed by atoms with Crippen LogP contribution in [0.1, 0.15) is 0 Å². The second kappa shape index (κ2) is 20.1. The van der Waals surface area contributed by atoms with E-state index >= 15 is 0 Å². The molecule has 60 heavy (non-hydrogen) atoms. The zero-order valence-electron chi connectivity index (χ0n) is 33.6. The summed E-state index contributed by atoms with van der Waals surface area (Å²) in [5.74, 6) is 0. The maximum Gasteiger partial charge on any atom is -0.0105 e. The summed E-state index contributed by atoms with van der Waals surface area (Å²) >= 11 is 0. The monoisotopic (exact) mass is 766 g/mol. The molecule has 0 amide bonds. The third kappa shape index (κ3) is 10.2. The molecule has 11 aromatic rings. The topological polar surface area (TPSA) is 0 Å². The van der Waals surface area contributed by atoms with Crippen LogP contribution in [0.15, 0.2) is 279 Å². The molecule has 0 heteroatoms. The quantitative estimate of drug-likeness (QED) is 0.167. The molecule has 0 aliphatic rings. The van der Waals surface area contributed by atoms with Crippen LogP contribution in [0.3, 0.4) is 0 Å². The molecule has 0 saturated heterocycles. The van der Waals surface area contributed by atoms with Crippen LogP contribution in [0, 0.1) is 0 Å². The molecule has 0 fully saturated rings. The molecule has 11 rings (SSSR count). The van der Waals surface area contributed by atoms with Gasteiger partial charge in [0.25, 0.3) is 0 Å². The van der Waals surface area contributed by atoms with Gasteiger partial charge in [0.2, 0.25) is 0 Å². The smallest absolute Gasteiger partial charge is 0.0105 e. The molecule has 0 N–H and O–H groups in total. The zero-order valence-corrected chi connectivity index (χ0v) is 33.6. The van der Waals surface area contributed by atoms with Crippen molar-refractivity contribution in [2.75, 3.05) is 0 Å². The molecule has 0 aromatic heterocycles. The van der Waals surface area contributed by atoms with Crippen LogP contribution in [0.5, 0.6) is 0 Å². The molecule has 0 bridgehead atoms. The molecule has 0 radical (unpaired) electrons. The Labute approximate surface area is 354 Å². The van der Waals surface area contributed by atoms with Crippen LogP contribution >= 0.6 is 0 Å².